The van der Waals surface area contributed by atoms with E-state index >= 15 is 0 Å². The molecule has 1 saturated heterocycles. The van der Waals surface area contributed by atoms with Gasteiger partial charge in [-0.2, -0.15) is 0 Å². The van der Waals surface area contributed by atoms with Gasteiger partial charge in [-0.25, -0.2) is 4.79 Å². The fraction of sp³-hybridized carbons (Fsp3) is 0.357. The Morgan fingerprint density at radius 1 is 1.14 bits per heavy atom. The molecule has 9 nitrogen and oxygen atoms in total. The molecule has 2 aromatic carbocycles. The average molecular weight is 503 g/mol. The maximum Gasteiger partial charge on any atom is 0.328 e. The molecule has 3 aromatic rings. The van der Waals surface area contributed by atoms with Crippen molar-refractivity contribution in [1.82, 2.24) is 20.1 Å². The Morgan fingerprint density at radius 3 is 2.59 bits per heavy atom. The highest BCUT2D eigenvalue weighted by Crippen LogP contribution is 2.22. The summed E-state index contributed by atoms with van der Waals surface area (Å²) in [7, 11) is 0. The molecule has 0 unspecified atom stereocenters. The molecule has 0 bridgehead atoms. The normalized spacial score (nSPS) is 18.4. The van der Waals surface area contributed by atoms with Crippen LogP contribution in [-0.4, -0.2) is 70.4 Å². The van der Waals surface area contributed by atoms with Crippen molar-refractivity contribution in [3.63, 3.8) is 0 Å². The second-order valence-corrected chi connectivity index (χ2v) is 9.41. The minimum atomic E-state index is -0.631. The Labute approximate surface area is 217 Å². The van der Waals surface area contributed by atoms with Crippen LogP contribution in [0.5, 0.6) is 0 Å². The van der Waals surface area contributed by atoms with Gasteiger partial charge in [0.15, 0.2) is 0 Å². The third-order valence-electron chi connectivity index (χ3n) is 6.67. The van der Waals surface area contributed by atoms with E-state index in [1.54, 1.807) is 13.1 Å². The highest BCUT2D eigenvalue weighted by atomic mass is 16.2. The van der Waals surface area contributed by atoms with Gasteiger partial charge in [0.2, 0.25) is 11.8 Å². The second kappa shape index (κ2) is 11.9. The first-order chi connectivity index (χ1) is 17.9. The second-order valence-electron chi connectivity index (χ2n) is 9.41. The number of likely N-dealkylation sites (tertiary alicyclic amines) is 1. The van der Waals surface area contributed by atoms with Gasteiger partial charge in [-0.05, 0) is 44.0 Å². The summed E-state index contributed by atoms with van der Waals surface area (Å²) in [5.41, 5.74) is 8.07. The van der Waals surface area contributed by atoms with Gasteiger partial charge in [0.05, 0.1) is 29.5 Å². The molecule has 1 aliphatic heterocycles. The van der Waals surface area contributed by atoms with E-state index in [1.807, 2.05) is 72.5 Å². The number of anilines is 1. The maximum atomic E-state index is 13.8. The number of aromatic nitrogens is 1. The minimum absolute atomic E-state index is 0.212. The van der Waals surface area contributed by atoms with Gasteiger partial charge in [0.1, 0.15) is 0 Å². The van der Waals surface area contributed by atoms with Gasteiger partial charge < -0.3 is 16.4 Å². The van der Waals surface area contributed by atoms with Crippen LogP contribution in [0.4, 0.5) is 10.5 Å². The maximum absolute atomic E-state index is 13.8. The predicted molar refractivity (Wildman–Crippen MR) is 144 cm³/mol. The van der Waals surface area contributed by atoms with Crippen molar-refractivity contribution in [1.29, 1.82) is 0 Å². The van der Waals surface area contributed by atoms with Crippen molar-refractivity contribution in [2.45, 2.75) is 44.8 Å². The Hall–Kier alpha value is -3.82. The number of pyridine rings is 1. The van der Waals surface area contributed by atoms with Crippen molar-refractivity contribution in [3.05, 3.63) is 72.4 Å². The van der Waals surface area contributed by atoms with Crippen molar-refractivity contribution in [2.24, 2.45) is 5.73 Å². The van der Waals surface area contributed by atoms with Crippen molar-refractivity contribution in [3.8, 4) is 0 Å². The van der Waals surface area contributed by atoms with Crippen LogP contribution >= 0.6 is 0 Å². The molecule has 1 fully saturated rings. The molecule has 0 spiro atoms. The van der Waals surface area contributed by atoms with Crippen molar-refractivity contribution < 1.29 is 14.4 Å². The van der Waals surface area contributed by atoms with Crippen LogP contribution in [0.15, 0.2) is 66.9 Å². The number of rotatable bonds is 8. The summed E-state index contributed by atoms with van der Waals surface area (Å²) in [5, 5.41) is 6.68. The number of carbonyl (C=O) groups excluding carboxylic acids is 3. The number of benzene rings is 2. The molecule has 3 atom stereocenters. The Balaban J connectivity index is 1.53. The zero-order valence-corrected chi connectivity index (χ0v) is 21.3. The number of para-hydroxylation sites is 1. The molecule has 4 amide bonds. The third kappa shape index (κ3) is 6.49. The van der Waals surface area contributed by atoms with Gasteiger partial charge >= 0.3 is 6.03 Å². The summed E-state index contributed by atoms with van der Waals surface area (Å²) in [6, 6.07) is 17.3. The number of nitrogens with two attached hydrogens (primary N) is 1. The first-order valence-electron chi connectivity index (χ1n) is 12.7. The standard InChI is InChI=1S/C28H34N6O3/c1-3-33-18-23(31-26(35)19(2)29)16-25(33)27(36)34(14-13-20-9-5-4-6-10-20)28(37)32-22-15-21-11-7-8-12-24(21)30-17-22/h4-12,15,17,19,23,25H,3,13-14,16,18,29H2,1-2H3,(H,31,35)(H,32,37)/t19-,23+,25-/m1/s1. The molecule has 1 aromatic heterocycles. The predicted octanol–water partition coefficient (Wildman–Crippen LogP) is 2.76. The van der Waals surface area contributed by atoms with E-state index in [1.165, 1.54) is 4.90 Å². The van der Waals surface area contributed by atoms with E-state index < -0.39 is 18.1 Å². The fourth-order valence-electron chi connectivity index (χ4n) is 4.65. The van der Waals surface area contributed by atoms with Gasteiger partial charge in [-0.1, -0.05) is 55.5 Å². The zero-order chi connectivity index (χ0) is 26.4. The molecule has 1 aliphatic rings. The molecule has 0 aliphatic carbocycles. The minimum Gasteiger partial charge on any atom is -0.351 e. The summed E-state index contributed by atoms with van der Waals surface area (Å²) in [4.78, 5) is 47.1. The molecule has 0 radical (unpaired) electrons. The Bertz CT molecular complexity index is 1250. The number of hydrogen-bond acceptors (Lipinski definition) is 6. The number of amides is 4. The van der Waals surface area contributed by atoms with Gasteiger partial charge in [0, 0.05) is 24.5 Å². The topological polar surface area (TPSA) is 121 Å². The number of nitrogens with one attached hydrogen (secondary N) is 2. The van der Waals surface area contributed by atoms with Gasteiger partial charge in [0.25, 0.3) is 0 Å². The number of imide groups is 1. The molecule has 37 heavy (non-hydrogen) atoms. The first-order valence-corrected chi connectivity index (χ1v) is 12.7. The van der Waals surface area contributed by atoms with E-state index in [0.717, 1.165) is 16.5 Å². The molecule has 4 rings (SSSR count). The number of nitrogens with zero attached hydrogens (tertiary/aromatic N) is 3. The summed E-state index contributed by atoms with van der Waals surface area (Å²) in [6.07, 6.45) is 2.53. The molecule has 0 saturated carbocycles. The number of carbonyl (C=O) groups is 3. The lowest BCUT2D eigenvalue weighted by Gasteiger charge is -2.28. The highest BCUT2D eigenvalue weighted by molar-refractivity contribution is 6.03. The van der Waals surface area contributed by atoms with Crippen molar-refractivity contribution in [2.75, 3.05) is 25.0 Å². The van der Waals surface area contributed by atoms with E-state index in [0.29, 0.717) is 31.6 Å². The number of hydrogen-bond donors (Lipinski definition) is 3. The lowest BCUT2D eigenvalue weighted by molar-refractivity contribution is -0.132. The van der Waals surface area contributed by atoms with Gasteiger partial charge in [-0.15, -0.1) is 0 Å². The van der Waals surface area contributed by atoms with Crippen LogP contribution in [0, 0.1) is 0 Å². The highest BCUT2D eigenvalue weighted by Gasteiger charge is 2.40. The SMILES string of the molecule is CCN1C[C@@H](NC(=O)[C@@H](C)N)C[C@@H]1C(=O)N(CCc1ccccc1)C(=O)Nc1cnc2ccccc2c1. The number of likely N-dealkylation sites (N-methyl/N-ethyl adjacent to an activating group) is 1. The number of urea groups is 1. The summed E-state index contributed by atoms with van der Waals surface area (Å²) < 4.78 is 0. The first kappa shape index (κ1) is 26.2. The fourth-order valence-corrected chi connectivity index (χ4v) is 4.65. The molecular formula is C28H34N6O3. The monoisotopic (exact) mass is 502 g/mol. The molecule has 4 N–H and O–H groups in total. The lowest BCUT2D eigenvalue weighted by Crippen LogP contribution is -2.50. The largest absolute Gasteiger partial charge is 0.351 e. The van der Waals surface area contributed by atoms with Crippen LogP contribution < -0.4 is 16.4 Å². The van der Waals surface area contributed by atoms with Crippen molar-refractivity contribution >= 4 is 34.4 Å². The third-order valence-corrected chi connectivity index (χ3v) is 6.67. The van der Waals surface area contributed by atoms with E-state index in [2.05, 4.69) is 15.6 Å². The molecule has 194 valence electrons. The van der Waals surface area contributed by atoms with Crippen LogP contribution in [-0.2, 0) is 16.0 Å². The Morgan fingerprint density at radius 2 is 1.86 bits per heavy atom. The van der Waals surface area contributed by atoms with E-state index in [9.17, 15) is 14.4 Å². The Kier molecular flexibility index (Phi) is 8.47. The van der Waals surface area contributed by atoms with Crippen LogP contribution in [0.25, 0.3) is 10.9 Å². The van der Waals surface area contributed by atoms with E-state index in [4.69, 9.17) is 5.73 Å². The summed E-state index contributed by atoms with van der Waals surface area (Å²) >= 11 is 0. The lowest BCUT2D eigenvalue weighted by atomic mass is 10.1. The molecular weight excluding hydrogens is 468 g/mol. The van der Waals surface area contributed by atoms with E-state index in [-0.39, 0.29) is 24.4 Å². The zero-order valence-electron chi connectivity index (χ0n) is 21.3. The number of fused-ring (bicyclic) bond motifs is 1. The van der Waals surface area contributed by atoms with Crippen LogP contribution in [0.1, 0.15) is 25.8 Å². The molecule has 9 heteroatoms. The smallest absolute Gasteiger partial charge is 0.328 e. The quantitative estimate of drug-likeness (QED) is 0.436. The average Bonchev–Trinajstić information content (AvgIpc) is 3.32. The van der Waals surface area contributed by atoms with Gasteiger partial charge in [-0.3, -0.25) is 24.4 Å². The molecule has 2 heterocycles. The van der Waals surface area contributed by atoms with Crippen LogP contribution in [0.2, 0.25) is 0 Å². The van der Waals surface area contributed by atoms with Crippen LogP contribution in [0.3, 0.4) is 0 Å². The summed E-state index contributed by atoms with van der Waals surface area (Å²) in [6.45, 7) is 4.95. The summed E-state index contributed by atoms with van der Waals surface area (Å²) in [5.74, 6) is -0.543.